The van der Waals surface area contributed by atoms with Gasteiger partial charge in [0.25, 0.3) is 0 Å². The van der Waals surface area contributed by atoms with Crippen LogP contribution in [0.3, 0.4) is 0 Å². The summed E-state index contributed by atoms with van der Waals surface area (Å²) in [6.45, 7) is 1.75. The molecule has 0 heterocycles. The maximum Gasteiger partial charge on any atom is 0.126 e. The van der Waals surface area contributed by atoms with Crippen LogP contribution in [0.1, 0.15) is 5.56 Å². The predicted molar refractivity (Wildman–Crippen MR) is 48.8 cm³/mol. The van der Waals surface area contributed by atoms with E-state index in [1.165, 1.54) is 6.07 Å². The van der Waals surface area contributed by atoms with E-state index >= 15 is 0 Å². The lowest BCUT2D eigenvalue weighted by atomic mass is 10.2. The number of anilines is 1. The fourth-order valence-corrected chi connectivity index (χ4v) is 0.800. The molecule has 0 spiro atoms. The Kier molecular flexibility index (Phi) is 5.04. The van der Waals surface area contributed by atoms with Gasteiger partial charge in [-0.15, -0.1) is 0 Å². The van der Waals surface area contributed by atoms with Crippen LogP contribution >= 0.6 is 0 Å². The van der Waals surface area contributed by atoms with E-state index < -0.39 is 0 Å². The second-order valence-electron chi connectivity index (χ2n) is 2.21. The van der Waals surface area contributed by atoms with Gasteiger partial charge in [0.1, 0.15) is 5.82 Å². The third kappa shape index (κ3) is 2.88. The fraction of sp³-hybridized carbons (Fsp3) is 0.333. The molecule has 0 saturated carbocycles. The summed E-state index contributed by atoms with van der Waals surface area (Å²) in [5, 5.41) is 9.93. The SMILES string of the molecule is CNc1ccc(F)c(C)c1.CO. The summed E-state index contributed by atoms with van der Waals surface area (Å²) in [6.07, 6.45) is 0. The molecule has 2 nitrogen and oxygen atoms in total. The summed E-state index contributed by atoms with van der Waals surface area (Å²) >= 11 is 0. The van der Waals surface area contributed by atoms with Crippen LogP contribution in [0.4, 0.5) is 10.1 Å². The highest BCUT2D eigenvalue weighted by Crippen LogP contribution is 2.12. The molecule has 0 saturated heterocycles. The first-order valence-corrected chi connectivity index (χ1v) is 3.62. The van der Waals surface area contributed by atoms with Gasteiger partial charge in [0.05, 0.1) is 0 Å². The lowest BCUT2D eigenvalue weighted by Gasteiger charge is -2.00. The number of hydrogen-bond acceptors (Lipinski definition) is 2. The fourth-order valence-electron chi connectivity index (χ4n) is 0.800. The van der Waals surface area contributed by atoms with E-state index in [-0.39, 0.29) is 5.82 Å². The third-order valence-corrected chi connectivity index (χ3v) is 1.45. The number of hydrogen-bond donors (Lipinski definition) is 2. The van der Waals surface area contributed by atoms with Crippen LogP contribution in [0.5, 0.6) is 0 Å². The molecule has 0 aliphatic carbocycles. The monoisotopic (exact) mass is 171 g/mol. The second kappa shape index (κ2) is 5.55. The van der Waals surface area contributed by atoms with Crippen LogP contribution in [0.25, 0.3) is 0 Å². The first-order valence-electron chi connectivity index (χ1n) is 3.62. The van der Waals surface area contributed by atoms with Crippen LogP contribution in [0, 0.1) is 12.7 Å². The van der Waals surface area contributed by atoms with E-state index in [1.807, 2.05) is 7.05 Å². The molecule has 0 radical (unpaired) electrons. The normalized spacial score (nSPS) is 8.42. The van der Waals surface area contributed by atoms with Crippen molar-refractivity contribution in [3.8, 4) is 0 Å². The standard InChI is InChI=1S/C8H10FN.CH4O/c1-6-5-7(10-2)3-4-8(6)9;1-2/h3-5,10H,1-2H3;2H,1H3. The lowest BCUT2D eigenvalue weighted by molar-refractivity contribution is 0.399. The van der Waals surface area contributed by atoms with Gasteiger partial charge in [0.15, 0.2) is 0 Å². The highest BCUT2D eigenvalue weighted by Gasteiger charge is 1.95. The van der Waals surface area contributed by atoms with E-state index in [2.05, 4.69) is 5.32 Å². The highest BCUT2D eigenvalue weighted by atomic mass is 19.1. The Balaban J connectivity index is 0.000000561. The third-order valence-electron chi connectivity index (χ3n) is 1.45. The molecule has 3 heteroatoms. The molecule has 0 atom stereocenters. The average molecular weight is 171 g/mol. The van der Waals surface area contributed by atoms with Crippen molar-refractivity contribution in [3.05, 3.63) is 29.6 Å². The van der Waals surface area contributed by atoms with Gasteiger partial charge in [0.2, 0.25) is 0 Å². The Morgan fingerprint density at radius 2 is 1.92 bits per heavy atom. The minimum absolute atomic E-state index is 0.154. The molecule has 0 aliphatic heterocycles. The van der Waals surface area contributed by atoms with Crippen LogP contribution < -0.4 is 5.32 Å². The van der Waals surface area contributed by atoms with Gasteiger partial charge in [-0.2, -0.15) is 0 Å². The lowest BCUT2D eigenvalue weighted by Crippen LogP contribution is -1.89. The maximum absolute atomic E-state index is 12.6. The molecule has 0 bridgehead atoms. The summed E-state index contributed by atoms with van der Waals surface area (Å²) in [4.78, 5) is 0. The summed E-state index contributed by atoms with van der Waals surface area (Å²) < 4.78 is 12.6. The molecule has 0 aliphatic rings. The Morgan fingerprint density at radius 1 is 1.33 bits per heavy atom. The summed E-state index contributed by atoms with van der Waals surface area (Å²) in [7, 11) is 2.81. The van der Waals surface area contributed by atoms with Gasteiger partial charge in [-0.05, 0) is 30.7 Å². The number of aryl methyl sites for hydroxylation is 1. The zero-order valence-electron chi connectivity index (χ0n) is 7.56. The van der Waals surface area contributed by atoms with Crippen molar-refractivity contribution in [2.24, 2.45) is 0 Å². The average Bonchev–Trinajstić information content (AvgIpc) is 2.13. The molecule has 68 valence electrons. The molecular formula is C9H14FNO. The molecule has 0 unspecified atom stereocenters. The zero-order valence-corrected chi connectivity index (χ0v) is 7.56. The smallest absolute Gasteiger partial charge is 0.126 e. The minimum atomic E-state index is -0.154. The summed E-state index contributed by atoms with van der Waals surface area (Å²) in [6, 6.07) is 4.94. The van der Waals surface area contributed by atoms with Gasteiger partial charge in [0, 0.05) is 19.8 Å². The Morgan fingerprint density at radius 3 is 2.33 bits per heavy atom. The van der Waals surface area contributed by atoms with Crippen LogP contribution in [0.15, 0.2) is 18.2 Å². The molecule has 12 heavy (non-hydrogen) atoms. The van der Waals surface area contributed by atoms with Crippen molar-refractivity contribution in [2.45, 2.75) is 6.92 Å². The molecule has 2 N–H and O–H groups in total. The van der Waals surface area contributed by atoms with E-state index in [0.717, 1.165) is 12.8 Å². The number of nitrogens with one attached hydrogen (secondary N) is 1. The zero-order chi connectivity index (χ0) is 9.56. The van der Waals surface area contributed by atoms with E-state index in [4.69, 9.17) is 5.11 Å². The van der Waals surface area contributed by atoms with Crippen molar-refractivity contribution in [1.82, 2.24) is 0 Å². The van der Waals surface area contributed by atoms with Crippen molar-refractivity contribution < 1.29 is 9.50 Å². The number of rotatable bonds is 1. The second-order valence-corrected chi connectivity index (χ2v) is 2.21. The number of benzene rings is 1. The van der Waals surface area contributed by atoms with Crippen LogP contribution in [0.2, 0.25) is 0 Å². The molecule has 1 aromatic rings. The van der Waals surface area contributed by atoms with Gasteiger partial charge < -0.3 is 10.4 Å². The first kappa shape index (κ1) is 10.9. The quantitative estimate of drug-likeness (QED) is 0.675. The summed E-state index contributed by atoms with van der Waals surface area (Å²) in [5.41, 5.74) is 1.62. The van der Waals surface area contributed by atoms with Gasteiger partial charge in [-0.1, -0.05) is 0 Å². The Hall–Kier alpha value is -1.09. The number of halogens is 1. The van der Waals surface area contributed by atoms with Gasteiger partial charge >= 0.3 is 0 Å². The van der Waals surface area contributed by atoms with Crippen molar-refractivity contribution in [2.75, 3.05) is 19.5 Å². The molecule has 1 rings (SSSR count). The van der Waals surface area contributed by atoms with Crippen molar-refractivity contribution in [3.63, 3.8) is 0 Å². The number of aliphatic hydroxyl groups is 1. The van der Waals surface area contributed by atoms with Crippen molar-refractivity contribution in [1.29, 1.82) is 0 Å². The first-order chi connectivity index (χ1) is 5.74. The largest absolute Gasteiger partial charge is 0.400 e. The predicted octanol–water partition coefficient (Wildman–Crippen LogP) is 1.78. The van der Waals surface area contributed by atoms with Gasteiger partial charge in [-0.25, -0.2) is 4.39 Å². The Labute approximate surface area is 72.0 Å². The Bertz CT molecular complexity index is 238. The van der Waals surface area contributed by atoms with E-state index in [0.29, 0.717) is 5.56 Å². The van der Waals surface area contributed by atoms with Gasteiger partial charge in [-0.3, -0.25) is 0 Å². The molecule has 1 aromatic carbocycles. The minimum Gasteiger partial charge on any atom is -0.400 e. The van der Waals surface area contributed by atoms with Crippen molar-refractivity contribution >= 4 is 5.69 Å². The highest BCUT2D eigenvalue weighted by molar-refractivity contribution is 5.45. The summed E-state index contributed by atoms with van der Waals surface area (Å²) in [5.74, 6) is -0.154. The maximum atomic E-state index is 12.6. The molecule has 0 fully saturated rings. The van der Waals surface area contributed by atoms with Crippen LogP contribution in [-0.4, -0.2) is 19.3 Å². The topological polar surface area (TPSA) is 32.3 Å². The molecule has 0 aromatic heterocycles. The molecule has 0 amide bonds. The van der Waals surface area contributed by atoms with Crippen LogP contribution in [-0.2, 0) is 0 Å². The number of aliphatic hydroxyl groups excluding tert-OH is 1. The van der Waals surface area contributed by atoms with E-state index in [9.17, 15) is 4.39 Å². The molecular weight excluding hydrogens is 157 g/mol. The van der Waals surface area contributed by atoms with E-state index in [1.54, 1.807) is 19.1 Å².